The van der Waals surface area contributed by atoms with Gasteiger partial charge in [0.05, 0.1) is 12.0 Å². The van der Waals surface area contributed by atoms with Gasteiger partial charge in [0.1, 0.15) is 11.6 Å². The maximum atomic E-state index is 14.7. The Kier molecular flexibility index (Phi) is 3.53. The number of rotatable bonds is 2. The summed E-state index contributed by atoms with van der Waals surface area (Å²) in [6, 6.07) is 6.48. The van der Waals surface area contributed by atoms with Crippen LogP contribution in [0.5, 0.6) is 5.75 Å². The van der Waals surface area contributed by atoms with Crippen molar-refractivity contribution in [2.45, 2.75) is 12.8 Å². The Labute approximate surface area is 143 Å². The van der Waals surface area contributed by atoms with Crippen LogP contribution in [-0.2, 0) is 4.79 Å². The summed E-state index contributed by atoms with van der Waals surface area (Å²) < 4.78 is 14.7. The average molecular weight is 337 g/mol. The highest BCUT2D eigenvalue weighted by Crippen LogP contribution is 2.46. The van der Waals surface area contributed by atoms with E-state index in [0.717, 1.165) is 5.69 Å². The van der Waals surface area contributed by atoms with E-state index in [4.69, 9.17) is 0 Å². The Bertz CT molecular complexity index is 955. The van der Waals surface area contributed by atoms with Crippen molar-refractivity contribution < 1.29 is 14.3 Å². The number of benzene rings is 1. The number of aromatic nitrogens is 2. The molecule has 0 saturated carbocycles. The first kappa shape index (κ1) is 15.4. The molecule has 25 heavy (non-hydrogen) atoms. The molecule has 126 valence electrons. The molecular weight excluding hydrogens is 321 g/mol. The highest BCUT2D eigenvalue weighted by atomic mass is 19.1. The second-order valence-electron chi connectivity index (χ2n) is 6.19. The molecule has 2 aromatic rings. The molecule has 0 spiro atoms. The van der Waals surface area contributed by atoms with Crippen LogP contribution in [0.2, 0.25) is 0 Å². The van der Waals surface area contributed by atoms with Crippen LogP contribution in [0, 0.1) is 12.8 Å². The Morgan fingerprint density at radius 1 is 1.28 bits per heavy atom. The van der Waals surface area contributed by atoms with Crippen LogP contribution in [-0.4, -0.2) is 21.0 Å². The molecule has 0 bridgehead atoms. The number of aryl methyl sites for hydroxylation is 1. The zero-order chi connectivity index (χ0) is 17.6. The van der Waals surface area contributed by atoms with Crippen LogP contribution < -0.4 is 5.32 Å². The van der Waals surface area contributed by atoms with Crippen LogP contribution >= 0.6 is 0 Å². The van der Waals surface area contributed by atoms with E-state index < -0.39 is 11.8 Å². The lowest BCUT2D eigenvalue weighted by atomic mass is 9.77. The fourth-order valence-electron chi connectivity index (χ4n) is 3.41. The number of amides is 1. The Balaban J connectivity index is 1.84. The average Bonchev–Trinajstić information content (AvgIpc) is 3.12. The number of aromatic hydroxyl groups is 1. The quantitative estimate of drug-likeness (QED) is 0.737. The standard InChI is InChI=1S/C19H16FN3O2/c1-10-16(22-9-21-10)8-13-18-15(23-19(13)25)6-5-14(20)17(18)11-3-2-4-12(24)7-11/h2-9,17-18,24H,1H3,(H,21,22)(H,23,25). The Morgan fingerprint density at radius 3 is 2.84 bits per heavy atom. The van der Waals surface area contributed by atoms with Crippen molar-refractivity contribution in [1.29, 1.82) is 0 Å². The molecule has 4 rings (SSSR count). The van der Waals surface area contributed by atoms with Gasteiger partial charge in [-0.05, 0) is 42.8 Å². The molecule has 0 radical (unpaired) electrons. The molecule has 1 amide bonds. The molecule has 1 aromatic carbocycles. The molecule has 5 nitrogen and oxygen atoms in total. The maximum absolute atomic E-state index is 14.7. The number of hydrogen-bond donors (Lipinski definition) is 3. The minimum Gasteiger partial charge on any atom is -0.508 e. The van der Waals surface area contributed by atoms with Crippen LogP contribution in [0.3, 0.4) is 0 Å². The lowest BCUT2D eigenvalue weighted by Gasteiger charge is -2.26. The molecule has 1 aliphatic heterocycles. The molecule has 2 heterocycles. The molecule has 2 unspecified atom stereocenters. The molecule has 1 aliphatic carbocycles. The van der Waals surface area contributed by atoms with Crippen molar-refractivity contribution in [3.05, 3.63) is 76.8 Å². The number of aromatic amines is 1. The number of H-pyrrole nitrogens is 1. The van der Waals surface area contributed by atoms with Gasteiger partial charge in [-0.2, -0.15) is 0 Å². The smallest absolute Gasteiger partial charge is 0.252 e. The SMILES string of the molecule is Cc1[nH]cnc1C=C1C(=O)NC2=CC=C(F)C(c3cccc(O)c3)C21. The van der Waals surface area contributed by atoms with Crippen molar-refractivity contribution >= 4 is 12.0 Å². The summed E-state index contributed by atoms with van der Waals surface area (Å²) >= 11 is 0. The topological polar surface area (TPSA) is 78.0 Å². The molecule has 2 aliphatic rings. The molecule has 1 fully saturated rings. The summed E-state index contributed by atoms with van der Waals surface area (Å²) in [4.78, 5) is 19.6. The monoisotopic (exact) mass is 337 g/mol. The van der Waals surface area contributed by atoms with Gasteiger partial charge in [0.2, 0.25) is 0 Å². The fourth-order valence-corrected chi connectivity index (χ4v) is 3.41. The number of nitrogens with zero attached hydrogens (tertiary/aromatic N) is 1. The summed E-state index contributed by atoms with van der Waals surface area (Å²) in [5.74, 6) is -1.69. The second kappa shape index (κ2) is 5.73. The molecule has 1 saturated heterocycles. The summed E-state index contributed by atoms with van der Waals surface area (Å²) in [7, 11) is 0. The van der Waals surface area contributed by atoms with E-state index in [1.54, 1.807) is 30.6 Å². The Morgan fingerprint density at radius 2 is 2.12 bits per heavy atom. The lowest BCUT2D eigenvalue weighted by molar-refractivity contribution is -0.115. The number of phenolic OH excluding ortho intramolecular Hbond substituents is 1. The number of fused-ring (bicyclic) bond motifs is 1. The van der Waals surface area contributed by atoms with Gasteiger partial charge in [-0.15, -0.1) is 0 Å². The van der Waals surface area contributed by atoms with E-state index in [1.165, 1.54) is 18.2 Å². The number of nitrogens with one attached hydrogen (secondary N) is 2. The van der Waals surface area contributed by atoms with E-state index in [0.29, 0.717) is 22.5 Å². The van der Waals surface area contributed by atoms with Crippen LogP contribution in [0.25, 0.3) is 6.08 Å². The number of imidazole rings is 1. The van der Waals surface area contributed by atoms with Crippen molar-refractivity contribution in [3.63, 3.8) is 0 Å². The third-order valence-electron chi connectivity index (χ3n) is 4.63. The van der Waals surface area contributed by atoms with Gasteiger partial charge in [-0.1, -0.05) is 12.1 Å². The van der Waals surface area contributed by atoms with E-state index >= 15 is 0 Å². The van der Waals surface area contributed by atoms with E-state index in [1.807, 2.05) is 6.92 Å². The minimum absolute atomic E-state index is 0.0624. The van der Waals surface area contributed by atoms with Crippen molar-refractivity contribution in [2.75, 3.05) is 0 Å². The predicted molar refractivity (Wildman–Crippen MR) is 91.1 cm³/mol. The predicted octanol–water partition coefficient (Wildman–Crippen LogP) is 3.09. The summed E-state index contributed by atoms with van der Waals surface area (Å²) in [5, 5.41) is 12.6. The number of hydrogen-bond acceptors (Lipinski definition) is 3. The van der Waals surface area contributed by atoms with Crippen molar-refractivity contribution in [3.8, 4) is 5.75 Å². The number of allylic oxidation sites excluding steroid dienone is 4. The van der Waals surface area contributed by atoms with Crippen molar-refractivity contribution in [1.82, 2.24) is 15.3 Å². The first-order chi connectivity index (χ1) is 12.0. The van der Waals surface area contributed by atoms with E-state index in [2.05, 4.69) is 15.3 Å². The van der Waals surface area contributed by atoms with E-state index in [-0.39, 0.29) is 17.5 Å². The van der Waals surface area contributed by atoms with Gasteiger partial charge < -0.3 is 15.4 Å². The minimum atomic E-state index is -0.670. The van der Waals surface area contributed by atoms with Gasteiger partial charge in [0, 0.05) is 28.8 Å². The molecule has 6 heteroatoms. The number of carbonyl (C=O) groups is 1. The summed E-state index contributed by atoms with van der Waals surface area (Å²) in [6.45, 7) is 1.86. The van der Waals surface area contributed by atoms with Crippen LogP contribution in [0.1, 0.15) is 22.9 Å². The second-order valence-corrected chi connectivity index (χ2v) is 6.19. The van der Waals surface area contributed by atoms with Crippen LogP contribution in [0.4, 0.5) is 4.39 Å². The molecule has 2 atom stereocenters. The van der Waals surface area contributed by atoms with Crippen molar-refractivity contribution in [2.24, 2.45) is 5.92 Å². The first-order valence-electron chi connectivity index (χ1n) is 7.93. The van der Waals surface area contributed by atoms with Gasteiger partial charge in [0.25, 0.3) is 5.91 Å². The summed E-state index contributed by atoms with van der Waals surface area (Å²) in [6.07, 6.45) is 6.21. The van der Waals surface area contributed by atoms with Gasteiger partial charge in [0.15, 0.2) is 0 Å². The molecule has 3 N–H and O–H groups in total. The number of halogens is 1. The lowest BCUT2D eigenvalue weighted by Crippen LogP contribution is -2.19. The summed E-state index contributed by atoms with van der Waals surface area (Å²) in [5.41, 5.74) is 3.21. The largest absolute Gasteiger partial charge is 0.508 e. The zero-order valence-electron chi connectivity index (χ0n) is 13.5. The Hall–Kier alpha value is -3.15. The van der Waals surface area contributed by atoms with Gasteiger partial charge >= 0.3 is 0 Å². The first-order valence-corrected chi connectivity index (χ1v) is 7.93. The fraction of sp³-hybridized carbons (Fsp3) is 0.158. The maximum Gasteiger partial charge on any atom is 0.252 e. The zero-order valence-corrected chi connectivity index (χ0v) is 13.5. The van der Waals surface area contributed by atoms with Gasteiger partial charge in [-0.25, -0.2) is 9.37 Å². The highest BCUT2D eigenvalue weighted by molar-refractivity contribution is 6.03. The normalized spacial score (nSPS) is 23.9. The third kappa shape index (κ3) is 2.55. The molecular formula is C19H16FN3O2. The van der Waals surface area contributed by atoms with E-state index in [9.17, 15) is 14.3 Å². The van der Waals surface area contributed by atoms with Gasteiger partial charge in [-0.3, -0.25) is 4.79 Å². The molecule has 1 aromatic heterocycles. The van der Waals surface area contributed by atoms with Crippen LogP contribution in [0.15, 0.2) is 59.8 Å². The number of carbonyl (C=O) groups excluding carboxylic acids is 1. The number of phenols is 1. The third-order valence-corrected chi connectivity index (χ3v) is 4.63. The highest BCUT2D eigenvalue weighted by Gasteiger charge is 2.42.